The second-order valence-electron chi connectivity index (χ2n) is 7.28. The van der Waals surface area contributed by atoms with Gasteiger partial charge in [0.25, 0.3) is 5.56 Å². The predicted molar refractivity (Wildman–Crippen MR) is 118 cm³/mol. The summed E-state index contributed by atoms with van der Waals surface area (Å²) in [6, 6.07) is 18.5. The van der Waals surface area contributed by atoms with E-state index in [2.05, 4.69) is 4.85 Å². The summed E-state index contributed by atoms with van der Waals surface area (Å²) in [4.78, 5) is 16.1. The smallest absolute Gasteiger partial charge is 0.251 e. The van der Waals surface area contributed by atoms with Crippen LogP contribution in [0.3, 0.4) is 0 Å². The summed E-state index contributed by atoms with van der Waals surface area (Å²) in [6.45, 7) is 7.11. The van der Waals surface area contributed by atoms with E-state index in [0.29, 0.717) is 22.6 Å². The standard InChI is InChI=1S/C26H17F3N2O2/c1-30-22-11-13-23(14-12-22)33-26(18-4-8-20(28)9-5-18)25(17-2-6-19(27)7-3-17)31-16-21(29)10-15-24(31)32/h2-16,25-26H/t25-,26-/m0/s1. The Hall–Kier alpha value is -4.31. The molecule has 4 rings (SSSR count). The van der Waals surface area contributed by atoms with Gasteiger partial charge in [-0.1, -0.05) is 36.4 Å². The van der Waals surface area contributed by atoms with E-state index >= 15 is 0 Å². The minimum Gasteiger partial charge on any atom is -0.483 e. The number of nitrogens with zero attached hydrogens (tertiary/aromatic N) is 2. The van der Waals surface area contributed by atoms with E-state index in [0.717, 1.165) is 18.3 Å². The van der Waals surface area contributed by atoms with Gasteiger partial charge in [0, 0.05) is 12.3 Å². The fourth-order valence-electron chi connectivity index (χ4n) is 3.55. The van der Waals surface area contributed by atoms with Crippen molar-refractivity contribution >= 4 is 5.69 Å². The molecule has 0 aliphatic carbocycles. The third kappa shape index (κ3) is 4.96. The normalized spacial score (nSPS) is 12.5. The molecule has 7 heteroatoms. The van der Waals surface area contributed by atoms with Crippen LogP contribution in [0.5, 0.6) is 5.75 Å². The second kappa shape index (κ2) is 9.45. The number of hydrogen-bond acceptors (Lipinski definition) is 2. The van der Waals surface area contributed by atoms with Gasteiger partial charge < -0.3 is 9.30 Å². The molecule has 0 unspecified atom stereocenters. The van der Waals surface area contributed by atoms with Gasteiger partial charge in [-0.2, -0.15) is 0 Å². The Labute approximate surface area is 188 Å². The summed E-state index contributed by atoms with van der Waals surface area (Å²) in [6.07, 6.45) is 0.132. The van der Waals surface area contributed by atoms with E-state index in [-0.39, 0.29) is 0 Å². The molecule has 2 atom stereocenters. The highest BCUT2D eigenvalue weighted by molar-refractivity contribution is 5.47. The first kappa shape index (κ1) is 21.9. The number of pyridine rings is 1. The molecule has 0 radical (unpaired) electrons. The van der Waals surface area contributed by atoms with Crippen LogP contribution in [0, 0.1) is 24.0 Å². The van der Waals surface area contributed by atoms with E-state index in [9.17, 15) is 18.0 Å². The molecule has 0 fully saturated rings. The maximum Gasteiger partial charge on any atom is 0.251 e. The number of aromatic nitrogens is 1. The van der Waals surface area contributed by atoms with E-state index in [1.54, 1.807) is 24.3 Å². The molecular formula is C26H17F3N2O2. The quantitative estimate of drug-likeness (QED) is 0.329. The number of halogens is 3. The van der Waals surface area contributed by atoms with E-state index in [4.69, 9.17) is 11.3 Å². The average molecular weight is 446 g/mol. The molecule has 0 spiro atoms. The molecule has 4 aromatic rings. The molecule has 164 valence electrons. The van der Waals surface area contributed by atoms with Crippen LogP contribution < -0.4 is 10.3 Å². The van der Waals surface area contributed by atoms with Crippen LogP contribution >= 0.6 is 0 Å². The first-order chi connectivity index (χ1) is 15.9. The lowest BCUT2D eigenvalue weighted by Gasteiger charge is -2.30. The molecule has 0 aliphatic rings. The molecule has 0 amide bonds. The van der Waals surface area contributed by atoms with Gasteiger partial charge in [-0.3, -0.25) is 4.79 Å². The Kier molecular flexibility index (Phi) is 6.27. The highest BCUT2D eigenvalue weighted by Gasteiger charge is 2.30. The molecular weight excluding hydrogens is 429 g/mol. The summed E-state index contributed by atoms with van der Waals surface area (Å²) in [5, 5.41) is 0. The number of ether oxygens (including phenoxy) is 1. The van der Waals surface area contributed by atoms with Gasteiger partial charge in [0.2, 0.25) is 0 Å². The summed E-state index contributed by atoms with van der Waals surface area (Å²) in [5.74, 6) is -1.19. The summed E-state index contributed by atoms with van der Waals surface area (Å²) >= 11 is 0. The Morgan fingerprint density at radius 3 is 1.85 bits per heavy atom. The Bertz CT molecular complexity index is 1340. The van der Waals surface area contributed by atoms with Gasteiger partial charge in [0.15, 0.2) is 5.69 Å². The molecule has 0 saturated heterocycles. The van der Waals surface area contributed by atoms with Gasteiger partial charge in [-0.25, -0.2) is 18.0 Å². The van der Waals surface area contributed by atoms with Crippen LogP contribution in [0.2, 0.25) is 0 Å². The Balaban J connectivity index is 1.90. The van der Waals surface area contributed by atoms with Crippen molar-refractivity contribution in [3.63, 3.8) is 0 Å². The van der Waals surface area contributed by atoms with Gasteiger partial charge in [0.05, 0.1) is 6.57 Å². The molecule has 4 nitrogen and oxygen atoms in total. The highest BCUT2D eigenvalue weighted by atomic mass is 19.1. The van der Waals surface area contributed by atoms with Gasteiger partial charge in [0.1, 0.15) is 35.3 Å². The maximum atomic E-state index is 14.2. The highest BCUT2D eigenvalue weighted by Crippen LogP contribution is 2.36. The van der Waals surface area contributed by atoms with Crippen molar-refractivity contribution < 1.29 is 17.9 Å². The van der Waals surface area contributed by atoms with Crippen molar-refractivity contribution in [2.24, 2.45) is 0 Å². The molecule has 1 aromatic heterocycles. The lowest BCUT2D eigenvalue weighted by Crippen LogP contribution is -2.31. The van der Waals surface area contributed by atoms with Crippen molar-refractivity contribution in [1.82, 2.24) is 4.57 Å². The van der Waals surface area contributed by atoms with E-state index in [1.807, 2.05) is 0 Å². The lowest BCUT2D eigenvalue weighted by molar-refractivity contribution is 0.155. The van der Waals surface area contributed by atoms with E-state index in [1.165, 1.54) is 53.1 Å². The van der Waals surface area contributed by atoms with Crippen molar-refractivity contribution in [1.29, 1.82) is 0 Å². The zero-order valence-electron chi connectivity index (χ0n) is 17.2. The Morgan fingerprint density at radius 2 is 1.27 bits per heavy atom. The van der Waals surface area contributed by atoms with Crippen molar-refractivity contribution in [2.75, 3.05) is 0 Å². The fraction of sp³-hybridized carbons (Fsp3) is 0.0769. The third-order valence-corrected chi connectivity index (χ3v) is 5.13. The fourth-order valence-corrected chi connectivity index (χ4v) is 3.55. The van der Waals surface area contributed by atoms with Gasteiger partial charge in [-0.15, -0.1) is 0 Å². The second-order valence-corrected chi connectivity index (χ2v) is 7.28. The first-order valence-electron chi connectivity index (χ1n) is 9.97. The van der Waals surface area contributed by atoms with E-state index < -0.39 is 35.2 Å². The molecule has 3 aromatic carbocycles. The molecule has 0 bridgehead atoms. The monoisotopic (exact) mass is 446 g/mol. The first-order valence-corrected chi connectivity index (χ1v) is 9.97. The van der Waals surface area contributed by atoms with Gasteiger partial charge in [-0.05, 0) is 53.6 Å². The van der Waals surface area contributed by atoms with Crippen molar-refractivity contribution in [2.45, 2.75) is 12.1 Å². The third-order valence-electron chi connectivity index (χ3n) is 5.13. The lowest BCUT2D eigenvalue weighted by atomic mass is 9.94. The topological polar surface area (TPSA) is 35.6 Å². The zero-order chi connectivity index (χ0) is 23.4. The van der Waals surface area contributed by atoms with Crippen molar-refractivity contribution in [3.8, 4) is 5.75 Å². The Morgan fingerprint density at radius 1 is 0.727 bits per heavy atom. The van der Waals surface area contributed by atoms with Crippen LogP contribution in [0.1, 0.15) is 23.3 Å². The number of rotatable bonds is 6. The minimum atomic E-state index is -0.922. The zero-order valence-corrected chi connectivity index (χ0v) is 17.2. The predicted octanol–water partition coefficient (Wildman–Crippen LogP) is 6.23. The SMILES string of the molecule is [C-]#[N+]c1ccc(O[C@@H](c2ccc(F)cc2)[C@H](c2ccc(F)cc2)n2cc(F)ccc2=O)cc1. The molecule has 0 N–H and O–H groups in total. The number of hydrogen-bond donors (Lipinski definition) is 0. The molecule has 1 heterocycles. The molecule has 0 saturated carbocycles. The number of benzene rings is 3. The molecule has 33 heavy (non-hydrogen) atoms. The van der Waals surface area contributed by atoms with Crippen LogP contribution in [0.25, 0.3) is 4.85 Å². The average Bonchev–Trinajstić information content (AvgIpc) is 2.83. The van der Waals surface area contributed by atoms with Crippen LogP contribution in [0.4, 0.5) is 18.9 Å². The molecule has 0 aliphatic heterocycles. The summed E-state index contributed by atoms with van der Waals surface area (Å²) < 4.78 is 48.9. The van der Waals surface area contributed by atoms with Gasteiger partial charge >= 0.3 is 0 Å². The van der Waals surface area contributed by atoms with Crippen molar-refractivity contribution in [3.05, 3.63) is 141 Å². The van der Waals surface area contributed by atoms with Crippen LogP contribution in [0.15, 0.2) is 95.9 Å². The largest absolute Gasteiger partial charge is 0.483 e. The summed E-state index contributed by atoms with van der Waals surface area (Å²) in [5.41, 5.74) is 0.911. The maximum absolute atomic E-state index is 14.2. The van der Waals surface area contributed by atoms with Crippen LogP contribution in [-0.2, 0) is 0 Å². The minimum absolute atomic E-state index is 0.383. The van der Waals surface area contributed by atoms with Crippen LogP contribution in [-0.4, -0.2) is 4.57 Å². The summed E-state index contributed by atoms with van der Waals surface area (Å²) in [7, 11) is 0.